The van der Waals surface area contributed by atoms with Crippen LogP contribution < -0.4 is 10.9 Å². The maximum atomic E-state index is 11.8. The molecule has 3 heterocycles. The second kappa shape index (κ2) is 11.6. The average Bonchev–Trinajstić information content (AvgIpc) is 3.19. The molecule has 0 saturated carbocycles. The van der Waals surface area contributed by atoms with Gasteiger partial charge in [0.05, 0.1) is 6.54 Å². The lowest BCUT2D eigenvalue weighted by Gasteiger charge is -2.20. The van der Waals surface area contributed by atoms with E-state index >= 15 is 0 Å². The van der Waals surface area contributed by atoms with Gasteiger partial charge >= 0.3 is 0 Å². The summed E-state index contributed by atoms with van der Waals surface area (Å²) >= 11 is 0. The Morgan fingerprint density at radius 2 is 2.00 bits per heavy atom. The molecule has 0 spiro atoms. The minimum atomic E-state index is -0.327. The Morgan fingerprint density at radius 1 is 1.23 bits per heavy atom. The summed E-state index contributed by atoms with van der Waals surface area (Å²) < 4.78 is 5.17. The molecule has 2 aromatic rings. The van der Waals surface area contributed by atoms with Gasteiger partial charge in [0, 0.05) is 32.2 Å². The van der Waals surface area contributed by atoms with Gasteiger partial charge in [-0.1, -0.05) is 37.3 Å². The van der Waals surface area contributed by atoms with Crippen molar-refractivity contribution in [2.24, 2.45) is 11.8 Å². The van der Waals surface area contributed by atoms with Crippen molar-refractivity contribution >= 4 is 5.91 Å². The Kier molecular flexibility index (Phi) is 8.53. The van der Waals surface area contributed by atoms with Gasteiger partial charge in [-0.05, 0) is 37.3 Å². The molecule has 2 saturated heterocycles. The average molecular weight is 414 g/mol. The molecule has 2 aliphatic rings. The fourth-order valence-electron chi connectivity index (χ4n) is 3.72. The van der Waals surface area contributed by atoms with Crippen LogP contribution in [0.3, 0.4) is 0 Å². The number of amides is 1. The standard InChI is InChI=1S/C12H17N.C10H14N4O3/c1-11-7-8-13(9-11)10-12-5-3-2-4-6-12;15-9(7-1-3-17-4-2-7)11-5-8-10(16)12-6-13-14-8/h2-6,11H,7-10H2,1H3;6-7H,1-5H2,(H,11,15)(H,12,13,16)/t11-;/m0./s1. The van der Waals surface area contributed by atoms with Crippen molar-refractivity contribution < 1.29 is 9.53 Å². The van der Waals surface area contributed by atoms with Gasteiger partial charge in [-0.2, -0.15) is 0 Å². The highest BCUT2D eigenvalue weighted by molar-refractivity contribution is 5.78. The third-order valence-corrected chi connectivity index (χ3v) is 5.47. The Bertz CT molecular complexity index is 836. The molecule has 8 heteroatoms. The fourth-order valence-corrected chi connectivity index (χ4v) is 3.72. The van der Waals surface area contributed by atoms with E-state index in [4.69, 9.17) is 4.74 Å². The van der Waals surface area contributed by atoms with Crippen LogP contribution in [0.15, 0.2) is 41.5 Å². The number of aromatic nitrogens is 3. The van der Waals surface area contributed by atoms with E-state index in [2.05, 4.69) is 62.7 Å². The molecule has 8 nitrogen and oxygen atoms in total. The van der Waals surface area contributed by atoms with Crippen molar-refractivity contribution in [3.63, 3.8) is 0 Å². The normalized spacial score (nSPS) is 19.7. The summed E-state index contributed by atoms with van der Waals surface area (Å²) in [7, 11) is 0. The molecule has 1 amide bonds. The van der Waals surface area contributed by atoms with E-state index in [9.17, 15) is 9.59 Å². The number of hydrogen-bond donors (Lipinski definition) is 2. The monoisotopic (exact) mass is 413 g/mol. The Balaban J connectivity index is 0.000000177. The number of carbonyl (C=O) groups excluding carboxylic acids is 1. The minimum absolute atomic E-state index is 0.0282. The number of nitrogens with one attached hydrogen (secondary N) is 2. The molecule has 1 aromatic carbocycles. The summed E-state index contributed by atoms with van der Waals surface area (Å²) in [5, 5.41) is 9.91. The zero-order valence-electron chi connectivity index (χ0n) is 17.5. The first-order valence-corrected chi connectivity index (χ1v) is 10.6. The summed E-state index contributed by atoms with van der Waals surface area (Å²) in [6.07, 6.45) is 4.03. The lowest BCUT2D eigenvalue weighted by molar-refractivity contribution is -0.128. The number of likely N-dealkylation sites (tertiary alicyclic amines) is 1. The highest BCUT2D eigenvalue weighted by Crippen LogP contribution is 2.17. The number of ether oxygens (including phenoxy) is 1. The number of nitrogens with zero attached hydrogens (tertiary/aromatic N) is 3. The van der Waals surface area contributed by atoms with Crippen LogP contribution in [0.2, 0.25) is 0 Å². The Labute approximate surface area is 177 Å². The van der Waals surface area contributed by atoms with E-state index in [0.29, 0.717) is 13.2 Å². The lowest BCUT2D eigenvalue weighted by atomic mass is 9.99. The molecule has 2 fully saturated rings. The first-order valence-electron chi connectivity index (χ1n) is 10.6. The topological polar surface area (TPSA) is 100 Å². The van der Waals surface area contributed by atoms with Crippen molar-refractivity contribution in [1.82, 2.24) is 25.4 Å². The zero-order valence-corrected chi connectivity index (χ0v) is 17.5. The maximum Gasteiger partial charge on any atom is 0.274 e. The summed E-state index contributed by atoms with van der Waals surface area (Å²) in [4.78, 5) is 28.0. The van der Waals surface area contributed by atoms with Gasteiger partial charge in [-0.25, -0.2) is 0 Å². The largest absolute Gasteiger partial charge is 0.381 e. The first-order chi connectivity index (χ1) is 14.6. The van der Waals surface area contributed by atoms with Crippen molar-refractivity contribution in [1.29, 1.82) is 0 Å². The smallest absolute Gasteiger partial charge is 0.274 e. The molecule has 1 aromatic heterocycles. The van der Waals surface area contributed by atoms with Gasteiger partial charge in [0.1, 0.15) is 12.0 Å². The van der Waals surface area contributed by atoms with Crippen LogP contribution in [-0.4, -0.2) is 52.3 Å². The van der Waals surface area contributed by atoms with Crippen LogP contribution in [-0.2, 0) is 22.6 Å². The lowest BCUT2D eigenvalue weighted by Crippen LogP contribution is -2.35. The molecule has 0 bridgehead atoms. The van der Waals surface area contributed by atoms with Crippen LogP contribution in [0.4, 0.5) is 0 Å². The number of benzene rings is 1. The third-order valence-electron chi connectivity index (χ3n) is 5.47. The maximum absolute atomic E-state index is 11.8. The van der Waals surface area contributed by atoms with Crippen molar-refractivity contribution in [2.75, 3.05) is 26.3 Å². The summed E-state index contributed by atoms with van der Waals surface area (Å²) in [5.74, 6) is 0.807. The molecule has 0 unspecified atom stereocenters. The summed E-state index contributed by atoms with van der Waals surface area (Å²) in [6, 6.07) is 10.7. The van der Waals surface area contributed by atoms with E-state index in [1.165, 1.54) is 31.4 Å². The molecule has 30 heavy (non-hydrogen) atoms. The van der Waals surface area contributed by atoms with Gasteiger partial charge in [0.2, 0.25) is 5.91 Å². The molecule has 2 aliphatic heterocycles. The van der Waals surface area contributed by atoms with Crippen LogP contribution in [0, 0.1) is 11.8 Å². The number of hydrogen-bond acceptors (Lipinski definition) is 6. The summed E-state index contributed by atoms with van der Waals surface area (Å²) in [6.45, 7) is 7.36. The molecular weight excluding hydrogens is 382 g/mol. The van der Waals surface area contributed by atoms with Crippen molar-refractivity contribution in [2.45, 2.75) is 39.3 Å². The molecule has 0 radical (unpaired) electrons. The van der Waals surface area contributed by atoms with E-state index in [0.717, 1.165) is 25.3 Å². The first kappa shape index (κ1) is 22.1. The molecule has 1 atom stereocenters. The highest BCUT2D eigenvalue weighted by atomic mass is 16.5. The van der Waals surface area contributed by atoms with Crippen LogP contribution in [0.5, 0.6) is 0 Å². The van der Waals surface area contributed by atoms with Crippen molar-refractivity contribution in [3.05, 3.63) is 58.3 Å². The van der Waals surface area contributed by atoms with E-state index in [1.807, 2.05) is 0 Å². The number of rotatable bonds is 5. The molecule has 2 N–H and O–H groups in total. The Hall–Kier alpha value is -2.58. The SMILES string of the molecule is C[C@H]1CCN(Cc2ccccc2)C1.O=C(NCc1nnc[nH]c1=O)C1CCOCC1. The van der Waals surface area contributed by atoms with Gasteiger partial charge in [-0.15, -0.1) is 10.2 Å². The van der Waals surface area contributed by atoms with Crippen molar-refractivity contribution in [3.8, 4) is 0 Å². The van der Waals surface area contributed by atoms with Gasteiger partial charge < -0.3 is 15.0 Å². The molecule has 4 rings (SSSR count). The molecular formula is C22H31N5O3. The number of carbonyl (C=O) groups is 1. The minimum Gasteiger partial charge on any atom is -0.381 e. The van der Waals surface area contributed by atoms with Gasteiger partial charge in [-0.3, -0.25) is 14.5 Å². The second-order valence-corrected chi connectivity index (χ2v) is 7.98. The quantitative estimate of drug-likeness (QED) is 0.774. The number of aromatic amines is 1. The van der Waals surface area contributed by atoms with Crippen LogP contribution >= 0.6 is 0 Å². The molecule has 0 aliphatic carbocycles. The van der Waals surface area contributed by atoms with E-state index in [1.54, 1.807) is 0 Å². The van der Waals surface area contributed by atoms with E-state index in [-0.39, 0.29) is 29.6 Å². The third kappa shape index (κ3) is 7.03. The molecule has 162 valence electrons. The fraction of sp³-hybridized carbons (Fsp3) is 0.545. The second-order valence-electron chi connectivity index (χ2n) is 7.98. The van der Waals surface area contributed by atoms with Gasteiger partial charge in [0.25, 0.3) is 5.56 Å². The van der Waals surface area contributed by atoms with Crippen LogP contribution in [0.25, 0.3) is 0 Å². The van der Waals surface area contributed by atoms with E-state index < -0.39 is 0 Å². The Morgan fingerprint density at radius 3 is 2.67 bits per heavy atom. The van der Waals surface area contributed by atoms with Gasteiger partial charge in [0.15, 0.2) is 0 Å². The number of H-pyrrole nitrogens is 1. The van der Waals surface area contributed by atoms with Crippen LogP contribution in [0.1, 0.15) is 37.4 Å². The zero-order chi connectivity index (χ0) is 21.2. The predicted molar refractivity (Wildman–Crippen MR) is 114 cm³/mol. The summed E-state index contributed by atoms with van der Waals surface area (Å²) in [5.41, 5.74) is 1.33. The predicted octanol–water partition coefficient (Wildman–Crippen LogP) is 1.74. The highest BCUT2D eigenvalue weighted by Gasteiger charge is 2.21.